The molecule has 1 fully saturated rings. The van der Waals surface area contributed by atoms with Crippen LogP contribution in [0.25, 0.3) is 0 Å². The van der Waals surface area contributed by atoms with Gasteiger partial charge in [-0.3, -0.25) is 0 Å². The van der Waals surface area contributed by atoms with Crippen molar-refractivity contribution in [3.63, 3.8) is 0 Å². The highest BCUT2D eigenvalue weighted by Crippen LogP contribution is 2.47. The van der Waals surface area contributed by atoms with E-state index < -0.39 is 0 Å². The molecule has 0 aromatic heterocycles. The Morgan fingerprint density at radius 3 is 2.50 bits per heavy atom. The fourth-order valence-corrected chi connectivity index (χ4v) is 1.96. The Morgan fingerprint density at radius 1 is 1.31 bits per heavy atom. The maximum Gasteiger partial charge on any atom is 0.123 e. The zero-order valence-corrected chi connectivity index (χ0v) is 10.1. The average molecular weight is 221 g/mol. The first-order valence-electron chi connectivity index (χ1n) is 6.08. The summed E-state index contributed by atoms with van der Waals surface area (Å²) in [6.07, 6.45) is 3.66. The van der Waals surface area contributed by atoms with Crippen molar-refractivity contribution in [3.05, 3.63) is 35.6 Å². The summed E-state index contributed by atoms with van der Waals surface area (Å²) in [5.41, 5.74) is 1.73. The second-order valence-corrected chi connectivity index (χ2v) is 5.21. The van der Waals surface area contributed by atoms with Gasteiger partial charge in [-0.1, -0.05) is 19.1 Å². The van der Waals surface area contributed by atoms with Gasteiger partial charge < -0.3 is 5.32 Å². The minimum absolute atomic E-state index is 0.157. The van der Waals surface area contributed by atoms with Gasteiger partial charge in [-0.15, -0.1) is 0 Å². The molecular formula is C14H20FN. The van der Waals surface area contributed by atoms with Crippen molar-refractivity contribution in [2.75, 3.05) is 6.54 Å². The summed E-state index contributed by atoms with van der Waals surface area (Å²) in [4.78, 5) is 0. The minimum atomic E-state index is -0.157. The largest absolute Gasteiger partial charge is 0.313 e. The van der Waals surface area contributed by atoms with E-state index in [-0.39, 0.29) is 5.82 Å². The quantitative estimate of drug-likeness (QED) is 0.805. The molecule has 0 saturated heterocycles. The van der Waals surface area contributed by atoms with Gasteiger partial charge in [0.1, 0.15) is 5.82 Å². The lowest BCUT2D eigenvalue weighted by Gasteiger charge is -2.20. The summed E-state index contributed by atoms with van der Waals surface area (Å²) in [7, 11) is 0. The molecule has 1 atom stereocenters. The van der Waals surface area contributed by atoms with E-state index in [0.717, 1.165) is 13.0 Å². The molecule has 0 spiro atoms. The molecule has 16 heavy (non-hydrogen) atoms. The molecule has 1 aromatic carbocycles. The van der Waals surface area contributed by atoms with Crippen LogP contribution in [0.2, 0.25) is 0 Å². The van der Waals surface area contributed by atoms with Crippen molar-refractivity contribution in [3.8, 4) is 0 Å². The van der Waals surface area contributed by atoms with Crippen LogP contribution < -0.4 is 5.32 Å². The van der Waals surface area contributed by atoms with Gasteiger partial charge in [0.05, 0.1) is 0 Å². The fraction of sp³-hybridized carbons (Fsp3) is 0.571. The molecule has 1 N–H and O–H groups in total. The summed E-state index contributed by atoms with van der Waals surface area (Å²) in [6.45, 7) is 5.57. The highest BCUT2D eigenvalue weighted by molar-refractivity contribution is 5.16. The van der Waals surface area contributed by atoms with Crippen LogP contribution in [0.4, 0.5) is 4.39 Å². The van der Waals surface area contributed by atoms with E-state index in [0.29, 0.717) is 11.5 Å². The molecule has 1 saturated carbocycles. The van der Waals surface area contributed by atoms with Gasteiger partial charge in [-0.05, 0) is 55.8 Å². The number of nitrogens with one attached hydrogen (secondary N) is 1. The second kappa shape index (κ2) is 4.54. The zero-order valence-electron chi connectivity index (χ0n) is 10.1. The molecule has 2 rings (SSSR count). The van der Waals surface area contributed by atoms with Crippen molar-refractivity contribution < 1.29 is 4.39 Å². The van der Waals surface area contributed by atoms with Crippen LogP contribution >= 0.6 is 0 Å². The number of halogens is 1. The lowest BCUT2D eigenvalue weighted by atomic mass is 10.0. The second-order valence-electron chi connectivity index (χ2n) is 5.21. The van der Waals surface area contributed by atoms with Crippen molar-refractivity contribution in [1.29, 1.82) is 0 Å². The normalized spacial score (nSPS) is 19.4. The van der Waals surface area contributed by atoms with Crippen LogP contribution in [0.1, 0.15) is 32.3 Å². The molecule has 1 aliphatic carbocycles. The zero-order chi connectivity index (χ0) is 11.6. The summed E-state index contributed by atoms with van der Waals surface area (Å²) >= 11 is 0. The van der Waals surface area contributed by atoms with Gasteiger partial charge in [0, 0.05) is 6.04 Å². The van der Waals surface area contributed by atoms with E-state index >= 15 is 0 Å². The van der Waals surface area contributed by atoms with Crippen molar-refractivity contribution >= 4 is 0 Å². The maximum atomic E-state index is 12.7. The highest BCUT2D eigenvalue weighted by Gasteiger charge is 2.41. The van der Waals surface area contributed by atoms with Gasteiger partial charge >= 0.3 is 0 Å². The van der Waals surface area contributed by atoms with Gasteiger partial charge in [0.2, 0.25) is 0 Å². The van der Waals surface area contributed by atoms with Crippen LogP contribution in [0, 0.1) is 11.2 Å². The Labute approximate surface area is 97.1 Å². The number of hydrogen-bond donors (Lipinski definition) is 1. The molecular weight excluding hydrogens is 201 g/mol. The predicted octanol–water partition coefficient (Wildman–Crippen LogP) is 3.15. The van der Waals surface area contributed by atoms with E-state index in [9.17, 15) is 4.39 Å². The van der Waals surface area contributed by atoms with Crippen LogP contribution in [-0.2, 0) is 6.42 Å². The molecule has 88 valence electrons. The molecule has 1 aromatic rings. The first kappa shape index (κ1) is 11.6. The third kappa shape index (κ3) is 2.82. The summed E-state index contributed by atoms with van der Waals surface area (Å²) in [5.74, 6) is -0.157. The SMILES string of the molecule is CC(NCCc1ccc(F)cc1)C1(C)CC1. The average Bonchev–Trinajstić information content (AvgIpc) is 3.01. The third-order valence-corrected chi connectivity index (χ3v) is 3.86. The van der Waals surface area contributed by atoms with E-state index in [1.165, 1.54) is 30.5 Å². The van der Waals surface area contributed by atoms with Crippen LogP contribution in [0.15, 0.2) is 24.3 Å². The van der Waals surface area contributed by atoms with Crippen molar-refractivity contribution in [2.24, 2.45) is 5.41 Å². The molecule has 0 bridgehead atoms. The van der Waals surface area contributed by atoms with Crippen LogP contribution in [0.3, 0.4) is 0 Å². The predicted molar refractivity (Wildman–Crippen MR) is 64.9 cm³/mol. The molecule has 1 unspecified atom stereocenters. The van der Waals surface area contributed by atoms with Gasteiger partial charge in [-0.2, -0.15) is 0 Å². The molecule has 0 aliphatic heterocycles. The number of rotatable bonds is 5. The maximum absolute atomic E-state index is 12.7. The summed E-state index contributed by atoms with van der Waals surface area (Å²) in [6, 6.07) is 7.37. The molecule has 2 heteroatoms. The van der Waals surface area contributed by atoms with Crippen molar-refractivity contribution in [1.82, 2.24) is 5.32 Å². The lowest BCUT2D eigenvalue weighted by molar-refractivity contribution is 0.383. The first-order valence-corrected chi connectivity index (χ1v) is 6.08. The van der Waals surface area contributed by atoms with Crippen LogP contribution in [0.5, 0.6) is 0 Å². The number of benzene rings is 1. The van der Waals surface area contributed by atoms with Gasteiger partial charge in [-0.25, -0.2) is 4.39 Å². The van der Waals surface area contributed by atoms with Gasteiger partial charge in [0.15, 0.2) is 0 Å². The van der Waals surface area contributed by atoms with E-state index in [1.54, 1.807) is 0 Å². The van der Waals surface area contributed by atoms with E-state index in [2.05, 4.69) is 19.2 Å². The molecule has 0 heterocycles. The summed E-state index contributed by atoms with van der Waals surface area (Å²) < 4.78 is 12.7. The summed E-state index contributed by atoms with van der Waals surface area (Å²) in [5, 5.41) is 3.55. The first-order chi connectivity index (χ1) is 7.60. The Bertz CT molecular complexity index is 340. The Kier molecular flexibility index (Phi) is 3.29. The van der Waals surface area contributed by atoms with E-state index in [4.69, 9.17) is 0 Å². The Balaban J connectivity index is 1.73. The Morgan fingerprint density at radius 2 is 1.94 bits per heavy atom. The molecule has 1 nitrogen and oxygen atoms in total. The fourth-order valence-electron chi connectivity index (χ4n) is 1.96. The molecule has 0 radical (unpaired) electrons. The smallest absolute Gasteiger partial charge is 0.123 e. The van der Waals surface area contributed by atoms with Crippen LogP contribution in [-0.4, -0.2) is 12.6 Å². The highest BCUT2D eigenvalue weighted by atomic mass is 19.1. The number of hydrogen-bond acceptors (Lipinski definition) is 1. The molecule has 0 amide bonds. The van der Waals surface area contributed by atoms with Gasteiger partial charge in [0.25, 0.3) is 0 Å². The monoisotopic (exact) mass is 221 g/mol. The topological polar surface area (TPSA) is 12.0 Å². The van der Waals surface area contributed by atoms with E-state index in [1.807, 2.05) is 12.1 Å². The lowest BCUT2D eigenvalue weighted by Crippen LogP contribution is -2.34. The molecule has 1 aliphatic rings. The third-order valence-electron chi connectivity index (χ3n) is 3.86. The minimum Gasteiger partial charge on any atom is -0.313 e. The standard InChI is InChI=1S/C14H20FN/c1-11(14(2)8-9-14)16-10-7-12-3-5-13(15)6-4-12/h3-6,11,16H,7-10H2,1-2H3. The Hall–Kier alpha value is -0.890. The van der Waals surface area contributed by atoms with Crippen molar-refractivity contribution in [2.45, 2.75) is 39.2 Å².